The average Bonchev–Trinajstić information content (AvgIpc) is 3.25. The Morgan fingerprint density at radius 3 is 2.35 bits per heavy atom. The van der Waals surface area contributed by atoms with Crippen molar-refractivity contribution in [2.24, 2.45) is 10.9 Å². The highest BCUT2D eigenvalue weighted by molar-refractivity contribution is 14.0. The summed E-state index contributed by atoms with van der Waals surface area (Å²) in [7, 11) is 1.70. The summed E-state index contributed by atoms with van der Waals surface area (Å²) in [5.41, 5.74) is 1.20. The second-order valence-electron chi connectivity index (χ2n) is 8.20. The van der Waals surface area contributed by atoms with Crippen molar-refractivity contribution in [3.63, 3.8) is 0 Å². The van der Waals surface area contributed by atoms with E-state index in [-0.39, 0.29) is 54.3 Å². The minimum absolute atomic E-state index is 0. The molecule has 0 saturated carbocycles. The maximum Gasteiger partial charge on any atom is 0.242 e. The van der Waals surface area contributed by atoms with Crippen LogP contribution >= 0.6 is 24.0 Å². The molecule has 2 N–H and O–H groups in total. The molecule has 2 aliphatic heterocycles. The van der Waals surface area contributed by atoms with Gasteiger partial charge in [0.05, 0.1) is 6.54 Å². The van der Waals surface area contributed by atoms with Gasteiger partial charge in [0.1, 0.15) is 0 Å². The van der Waals surface area contributed by atoms with Crippen LogP contribution in [0.2, 0.25) is 0 Å². The maximum atomic E-state index is 12.6. The third kappa shape index (κ3) is 6.98. The summed E-state index contributed by atoms with van der Waals surface area (Å²) in [5, 5.41) is 6.48. The fourth-order valence-electron chi connectivity index (χ4n) is 3.96. The normalized spacial score (nSPS) is 19.3. The Balaban J connectivity index is 0.00000341. The van der Waals surface area contributed by atoms with Crippen LogP contribution in [0.5, 0.6) is 0 Å². The van der Waals surface area contributed by atoms with Gasteiger partial charge in [-0.3, -0.25) is 14.6 Å². The largest absolute Gasteiger partial charge is 0.368 e. The zero-order valence-corrected chi connectivity index (χ0v) is 21.0. The molecular weight excluding hydrogens is 507 g/mol. The van der Waals surface area contributed by atoms with Crippen LogP contribution in [0.3, 0.4) is 0 Å². The Morgan fingerprint density at radius 1 is 1.06 bits per heavy atom. The fourth-order valence-corrected chi connectivity index (χ4v) is 3.96. The van der Waals surface area contributed by atoms with Gasteiger partial charge in [-0.05, 0) is 18.6 Å². The molecule has 0 aliphatic carbocycles. The Kier molecular flexibility index (Phi) is 9.86. The molecule has 1 atom stereocenters. The summed E-state index contributed by atoms with van der Waals surface area (Å²) in [6.07, 6.45) is 0.883. The topological polar surface area (TPSA) is 80.3 Å². The van der Waals surface area contributed by atoms with Crippen LogP contribution < -0.4 is 15.5 Å². The molecule has 0 bridgehead atoms. The lowest BCUT2D eigenvalue weighted by Gasteiger charge is -2.36. The number of amides is 2. The molecule has 2 saturated heterocycles. The van der Waals surface area contributed by atoms with Gasteiger partial charge < -0.3 is 25.3 Å². The lowest BCUT2D eigenvalue weighted by molar-refractivity contribution is -0.133. The number of carbonyl (C=O) groups is 2. The molecule has 2 heterocycles. The highest BCUT2D eigenvalue weighted by Crippen LogP contribution is 2.15. The van der Waals surface area contributed by atoms with Crippen molar-refractivity contribution in [3.05, 3.63) is 30.3 Å². The summed E-state index contributed by atoms with van der Waals surface area (Å²) in [5.74, 6) is 0.886. The lowest BCUT2D eigenvalue weighted by Crippen LogP contribution is -2.53. The second kappa shape index (κ2) is 12.1. The van der Waals surface area contributed by atoms with Crippen LogP contribution in [-0.4, -0.2) is 86.5 Å². The lowest BCUT2D eigenvalue weighted by atomic mass is 10.2. The molecule has 1 aromatic rings. The number of rotatable bonds is 5. The molecule has 9 heteroatoms. The molecule has 3 rings (SSSR count). The number of likely N-dealkylation sites (tertiary alicyclic amines) is 1. The molecule has 172 valence electrons. The van der Waals surface area contributed by atoms with E-state index in [4.69, 9.17) is 0 Å². The highest BCUT2D eigenvalue weighted by atomic mass is 127. The minimum Gasteiger partial charge on any atom is -0.368 e. The van der Waals surface area contributed by atoms with Gasteiger partial charge in [0, 0.05) is 64.0 Å². The van der Waals surface area contributed by atoms with E-state index in [1.165, 1.54) is 5.69 Å². The van der Waals surface area contributed by atoms with Crippen molar-refractivity contribution < 1.29 is 9.59 Å². The van der Waals surface area contributed by atoms with Gasteiger partial charge in [0.2, 0.25) is 11.8 Å². The van der Waals surface area contributed by atoms with Gasteiger partial charge >= 0.3 is 0 Å². The molecule has 0 spiro atoms. The van der Waals surface area contributed by atoms with Gasteiger partial charge in [-0.2, -0.15) is 0 Å². The van der Waals surface area contributed by atoms with Crippen LogP contribution in [0.4, 0.5) is 5.69 Å². The number of para-hydroxylation sites is 1. The van der Waals surface area contributed by atoms with E-state index >= 15 is 0 Å². The standard InChI is InChI=1S/C22H34N6O2.HI/c1-17(2)21(30)28-10-9-18(16-28)25-22(23-3)24-15-20(29)27-13-11-26(12-14-27)19-7-5-4-6-8-19;/h4-8,17-18H,9-16H2,1-3H3,(H2,23,24,25);1H. The summed E-state index contributed by atoms with van der Waals surface area (Å²) in [6, 6.07) is 10.5. The van der Waals surface area contributed by atoms with Gasteiger partial charge in [-0.15, -0.1) is 24.0 Å². The molecule has 2 amide bonds. The molecule has 0 aromatic heterocycles. The van der Waals surface area contributed by atoms with Crippen molar-refractivity contribution in [1.82, 2.24) is 20.4 Å². The predicted molar refractivity (Wildman–Crippen MR) is 135 cm³/mol. The molecule has 31 heavy (non-hydrogen) atoms. The molecule has 0 radical (unpaired) electrons. The van der Waals surface area contributed by atoms with Gasteiger partial charge in [0.25, 0.3) is 0 Å². The first-order chi connectivity index (χ1) is 14.5. The zero-order valence-electron chi connectivity index (χ0n) is 18.7. The van der Waals surface area contributed by atoms with Gasteiger partial charge in [-0.25, -0.2) is 0 Å². The second-order valence-corrected chi connectivity index (χ2v) is 8.20. The summed E-state index contributed by atoms with van der Waals surface area (Å²) in [6.45, 7) is 8.61. The number of aliphatic imine (C=N–C) groups is 1. The number of anilines is 1. The first-order valence-electron chi connectivity index (χ1n) is 10.8. The van der Waals surface area contributed by atoms with E-state index in [0.717, 1.165) is 39.1 Å². The van der Waals surface area contributed by atoms with Crippen molar-refractivity contribution in [3.8, 4) is 0 Å². The molecule has 1 unspecified atom stereocenters. The van der Waals surface area contributed by atoms with E-state index in [1.54, 1.807) is 7.05 Å². The Hall–Kier alpha value is -2.04. The third-order valence-corrected chi connectivity index (χ3v) is 5.72. The number of carbonyl (C=O) groups excluding carboxylic acids is 2. The number of nitrogens with zero attached hydrogens (tertiary/aromatic N) is 4. The Morgan fingerprint density at radius 2 is 1.74 bits per heavy atom. The number of piperazine rings is 1. The predicted octanol–water partition coefficient (Wildman–Crippen LogP) is 1.38. The first-order valence-corrected chi connectivity index (χ1v) is 10.8. The molecule has 2 fully saturated rings. The van der Waals surface area contributed by atoms with Crippen LogP contribution in [0.1, 0.15) is 20.3 Å². The smallest absolute Gasteiger partial charge is 0.242 e. The number of nitrogens with one attached hydrogen (secondary N) is 2. The number of guanidine groups is 1. The zero-order chi connectivity index (χ0) is 21.5. The fraction of sp³-hybridized carbons (Fsp3) is 0.591. The van der Waals surface area contributed by atoms with Crippen molar-refractivity contribution in [2.75, 3.05) is 57.8 Å². The highest BCUT2D eigenvalue weighted by Gasteiger charge is 2.28. The van der Waals surface area contributed by atoms with Crippen LogP contribution in [0, 0.1) is 5.92 Å². The van der Waals surface area contributed by atoms with Gasteiger partial charge in [-0.1, -0.05) is 32.0 Å². The first kappa shape index (κ1) is 25.2. The van der Waals surface area contributed by atoms with E-state index in [2.05, 4.69) is 32.7 Å². The molecule has 8 nitrogen and oxygen atoms in total. The number of hydrogen-bond donors (Lipinski definition) is 2. The third-order valence-electron chi connectivity index (χ3n) is 5.72. The van der Waals surface area contributed by atoms with E-state index in [9.17, 15) is 9.59 Å². The summed E-state index contributed by atoms with van der Waals surface area (Å²) in [4.78, 5) is 35.1. The maximum absolute atomic E-state index is 12.6. The number of hydrogen-bond acceptors (Lipinski definition) is 4. The molecule has 2 aliphatic rings. The number of halogens is 1. The van der Waals surface area contributed by atoms with Crippen molar-refractivity contribution >= 4 is 47.4 Å². The summed E-state index contributed by atoms with van der Waals surface area (Å²) < 4.78 is 0. The van der Waals surface area contributed by atoms with Crippen LogP contribution in [-0.2, 0) is 9.59 Å². The monoisotopic (exact) mass is 542 g/mol. The SMILES string of the molecule is CN=C(NCC(=O)N1CCN(c2ccccc2)CC1)NC1CCN(C(=O)C(C)C)C1.I. The number of benzene rings is 1. The van der Waals surface area contributed by atoms with Gasteiger partial charge in [0.15, 0.2) is 5.96 Å². The van der Waals surface area contributed by atoms with Crippen molar-refractivity contribution in [1.29, 1.82) is 0 Å². The van der Waals surface area contributed by atoms with E-state index in [0.29, 0.717) is 12.5 Å². The van der Waals surface area contributed by atoms with E-state index in [1.807, 2.05) is 41.8 Å². The quantitative estimate of drug-likeness (QED) is 0.334. The van der Waals surface area contributed by atoms with Crippen molar-refractivity contribution in [2.45, 2.75) is 26.3 Å². The Labute approximate surface area is 202 Å². The van der Waals surface area contributed by atoms with Crippen LogP contribution in [0.25, 0.3) is 0 Å². The average molecular weight is 542 g/mol. The van der Waals surface area contributed by atoms with Crippen LogP contribution in [0.15, 0.2) is 35.3 Å². The van der Waals surface area contributed by atoms with E-state index < -0.39 is 0 Å². The molecule has 1 aromatic carbocycles. The Bertz CT molecular complexity index is 750. The minimum atomic E-state index is 0. The summed E-state index contributed by atoms with van der Waals surface area (Å²) >= 11 is 0. The molecular formula is C22H35IN6O2.